The number of carboxylic acid groups (broad SMARTS) is 1. The summed E-state index contributed by atoms with van der Waals surface area (Å²) < 4.78 is 0. The quantitative estimate of drug-likeness (QED) is 0.705. The van der Waals surface area contributed by atoms with Gasteiger partial charge in [-0.25, -0.2) is 9.78 Å². The third-order valence-electron chi connectivity index (χ3n) is 3.29. The molecule has 1 aromatic rings. The molecular formula is C14H22N2O3. The minimum atomic E-state index is -0.978. The van der Waals surface area contributed by atoms with Crippen molar-refractivity contribution in [3.63, 3.8) is 0 Å². The van der Waals surface area contributed by atoms with Crippen LogP contribution in [0.3, 0.4) is 0 Å². The Kier molecular flexibility index (Phi) is 5.76. The molecule has 0 aliphatic carbocycles. The molecule has 0 radical (unpaired) electrons. The van der Waals surface area contributed by atoms with Gasteiger partial charge in [0.2, 0.25) is 0 Å². The fourth-order valence-electron chi connectivity index (χ4n) is 2.09. The molecule has 5 nitrogen and oxygen atoms in total. The largest absolute Gasteiger partial charge is 0.478 e. The standard InChI is InChI=1S/C14H22N2O3/c1-4-10(5-2)12(17)8-15-13-7-11(14(18)19)6-9(3)16-13/h6-7,10,12,17H,4-5,8H2,1-3H3,(H,15,16)(H,18,19). The first-order valence-corrected chi connectivity index (χ1v) is 6.61. The number of nitrogens with zero attached hydrogens (tertiary/aromatic N) is 1. The number of aryl methyl sites for hydroxylation is 1. The van der Waals surface area contributed by atoms with Gasteiger partial charge in [-0.3, -0.25) is 0 Å². The smallest absolute Gasteiger partial charge is 0.335 e. The Morgan fingerprint density at radius 3 is 2.53 bits per heavy atom. The van der Waals surface area contributed by atoms with E-state index in [9.17, 15) is 9.90 Å². The highest BCUT2D eigenvalue weighted by atomic mass is 16.4. The van der Waals surface area contributed by atoms with Gasteiger partial charge in [-0.2, -0.15) is 0 Å². The van der Waals surface area contributed by atoms with Crippen LogP contribution in [0.5, 0.6) is 0 Å². The molecule has 0 saturated carbocycles. The third-order valence-corrected chi connectivity index (χ3v) is 3.29. The number of aromatic carboxylic acids is 1. The zero-order valence-corrected chi connectivity index (χ0v) is 11.7. The van der Waals surface area contributed by atoms with Crippen LogP contribution in [0, 0.1) is 12.8 Å². The summed E-state index contributed by atoms with van der Waals surface area (Å²) in [5.41, 5.74) is 0.839. The van der Waals surface area contributed by atoms with Gasteiger partial charge < -0.3 is 15.5 Å². The van der Waals surface area contributed by atoms with E-state index >= 15 is 0 Å². The molecule has 1 rings (SSSR count). The number of aliphatic hydroxyl groups is 1. The van der Waals surface area contributed by atoms with Crippen LogP contribution in [0.4, 0.5) is 5.82 Å². The molecule has 106 valence electrons. The average molecular weight is 266 g/mol. The first-order chi connectivity index (χ1) is 8.97. The van der Waals surface area contributed by atoms with Crippen LogP contribution in [0.25, 0.3) is 0 Å². The molecule has 0 saturated heterocycles. The van der Waals surface area contributed by atoms with Crippen molar-refractivity contribution in [2.75, 3.05) is 11.9 Å². The number of carbonyl (C=O) groups is 1. The number of anilines is 1. The number of hydrogen-bond donors (Lipinski definition) is 3. The first-order valence-electron chi connectivity index (χ1n) is 6.61. The van der Waals surface area contributed by atoms with E-state index in [0.29, 0.717) is 18.1 Å². The fourth-order valence-corrected chi connectivity index (χ4v) is 2.09. The van der Waals surface area contributed by atoms with E-state index in [2.05, 4.69) is 10.3 Å². The van der Waals surface area contributed by atoms with Gasteiger partial charge in [0.25, 0.3) is 0 Å². The topological polar surface area (TPSA) is 82.5 Å². The maximum absolute atomic E-state index is 10.9. The van der Waals surface area contributed by atoms with E-state index in [0.717, 1.165) is 12.8 Å². The SMILES string of the molecule is CCC(CC)C(O)CNc1cc(C(=O)O)cc(C)n1. The summed E-state index contributed by atoms with van der Waals surface area (Å²) in [7, 11) is 0. The number of pyridine rings is 1. The van der Waals surface area contributed by atoms with E-state index in [1.54, 1.807) is 6.92 Å². The van der Waals surface area contributed by atoms with Crippen LogP contribution in [0.2, 0.25) is 0 Å². The molecule has 0 bridgehead atoms. The second-order valence-corrected chi connectivity index (χ2v) is 4.71. The minimum absolute atomic E-state index is 0.201. The Bertz CT molecular complexity index is 431. The summed E-state index contributed by atoms with van der Waals surface area (Å²) in [5, 5.41) is 22.0. The molecule has 1 unspecified atom stereocenters. The number of aliphatic hydroxyl groups excluding tert-OH is 1. The van der Waals surface area contributed by atoms with Gasteiger partial charge in [0, 0.05) is 12.2 Å². The number of aromatic nitrogens is 1. The van der Waals surface area contributed by atoms with E-state index in [-0.39, 0.29) is 11.5 Å². The van der Waals surface area contributed by atoms with Crippen LogP contribution in [0.15, 0.2) is 12.1 Å². The van der Waals surface area contributed by atoms with Gasteiger partial charge in [0.05, 0.1) is 11.7 Å². The molecule has 1 heterocycles. The monoisotopic (exact) mass is 266 g/mol. The predicted molar refractivity (Wildman–Crippen MR) is 74.5 cm³/mol. The molecule has 1 atom stereocenters. The van der Waals surface area contributed by atoms with Crippen LogP contribution in [-0.2, 0) is 0 Å². The van der Waals surface area contributed by atoms with Crippen LogP contribution in [-0.4, -0.2) is 33.8 Å². The number of hydrogen-bond acceptors (Lipinski definition) is 4. The Morgan fingerprint density at radius 2 is 2.00 bits per heavy atom. The predicted octanol–water partition coefficient (Wildman–Crippen LogP) is 2.30. The molecule has 0 spiro atoms. The number of rotatable bonds is 7. The molecule has 5 heteroatoms. The Balaban J connectivity index is 2.70. The van der Waals surface area contributed by atoms with Crippen molar-refractivity contribution in [3.05, 3.63) is 23.4 Å². The molecule has 3 N–H and O–H groups in total. The molecule has 0 fully saturated rings. The second-order valence-electron chi connectivity index (χ2n) is 4.71. The van der Waals surface area contributed by atoms with Gasteiger partial charge in [-0.05, 0) is 25.0 Å². The zero-order chi connectivity index (χ0) is 14.4. The lowest BCUT2D eigenvalue weighted by molar-refractivity contribution is 0.0696. The Labute approximate surface area is 113 Å². The van der Waals surface area contributed by atoms with Crippen molar-refractivity contribution >= 4 is 11.8 Å². The lowest BCUT2D eigenvalue weighted by Gasteiger charge is -2.20. The summed E-state index contributed by atoms with van der Waals surface area (Å²) in [4.78, 5) is 15.2. The Morgan fingerprint density at radius 1 is 1.37 bits per heavy atom. The molecule has 0 aromatic carbocycles. The Hall–Kier alpha value is -1.62. The average Bonchev–Trinajstić information content (AvgIpc) is 2.37. The molecule has 1 aromatic heterocycles. The summed E-state index contributed by atoms with van der Waals surface area (Å²) in [5.74, 6) is -0.243. The maximum Gasteiger partial charge on any atom is 0.335 e. The van der Waals surface area contributed by atoms with Crippen molar-refractivity contribution in [2.24, 2.45) is 5.92 Å². The van der Waals surface area contributed by atoms with Crippen molar-refractivity contribution in [1.82, 2.24) is 4.98 Å². The van der Waals surface area contributed by atoms with Gasteiger partial charge >= 0.3 is 5.97 Å². The summed E-state index contributed by atoms with van der Waals surface area (Å²) in [6.07, 6.45) is 1.38. The van der Waals surface area contributed by atoms with Gasteiger partial charge in [-0.1, -0.05) is 26.7 Å². The highest BCUT2D eigenvalue weighted by molar-refractivity contribution is 5.88. The van der Waals surface area contributed by atoms with E-state index in [1.807, 2.05) is 13.8 Å². The van der Waals surface area contributed by atoms with E-state index < -0.39 is 12.1 Å². The van der Waals surface area contributed by atoms with Crippen molar-refractivity contribution in [3.8, 4) is 0 Å². The highest BCUT2D eigenvalue weighted by Crippen LogP contribution is 2.15. The molecule has 0 amide bonds. The lowest BCUT2D eigenvalue weighted by atomic mass is 9.96. The van der Waals surface area contributed by atoms with Crippen molar-refractivity contribution in [2.45, 2.75) is 39.7 Å². The van der Waals surface area contributed by atoms with E-state index in [1.165, 1.54) is 12.1 Å². The van der Waals surface area contributed by atoms with Crippen molar-refractivity contribution in [1.29, 1.82) is 0 Å². The minimum Gasteiger partial charge on any atom is -0.478 e. The zero-order valence-electron chi connectivity index (χ0n) is 11.7. The van der Waals surface area contributed by atoms with E-state index in [4.69, 9.17) is 5.11 Å². The van der Waals surface area contributed by atoms with Crippen molar-refractivity contribution < 1.29 is 15.0 Å². The molecule has 19 heavy (non-hydrogen) atoms. The summed E-state index contributed by atoms with van der Waals surface area (Å²) in [6.45, 7) is 6.21. The third kappa shape index (κ3) is 4.52. The van der Waals surface area contributed by atoms with Gasteiger partial charge in [-0.15, -0.1) is 0 Å². The fraction of sp³-hybridized carbons (Fsp3) is 0.571. The lowest BCUT2D eigenvalue weighted by Crippen LogP contribution is -2.28. The highest BCUT2D eigenvalue weighted by Gasteiger charge is 2.15. The van der Waals surface area contributed by atoms with Crippen LogP contribution < -0.4 is 5.32 Å². The number of nitrogens with one attached hydrogen (secondary N) is 1. The summed E-state index contributed by atoms with van der Waals surface area (Å²) in [6, 6.07) is 3.00. The second kappa shape index (κ2) is 7.09. The molecule has 0 aliphatic rings. The normalized spacial score (nSPS) is 12.5. The summed E-state index contributed by atoms with van der Waals surface area (Å²) >= 11 is 0. The maximum atomic E-state index is 10.9. The first kappa shape index (κ1) is 15.4. The van der Waals surface area contributed by atoms with Crippen LogP contribution in [0.1, 0.15) is 42.7 Å². The molecule has 0 aliphatic heterocycles. The molecular weight excluding hydrogens is 244 g/mol. The van der Waals surface area contributed by atoms with Gasteiger partial charge in [0.15, 0.2) is 0 Å². The number of carboxylic acids is 1. The van der Waals surface area contributed by atoms with Gasteiger partial charge in [0.1, 0.15) is 5.82 Å². The van der Waals surface area contributed by atoms with Crippen LogP contribution >= 0.6 is 0 Å².